The third-order valence-corrected chi connectivity index (χ3v) is 7.76. The van der Waals surface area contributed by atoms with Gasteiger partial charge in [0.05, 0.1) is 35.4 Å². The zero-order chi connectivity index (χ0) is 30.1. The first-order chi connectivity index (χ1) is 20.7. The van der Waals surface area contributed by atoms with E-state index in [1.54, 1.807) is 23.1 Å². The summed E-state index contributed by atoms with van der Waals surface area (Å²) in [5, 5.41) is 22.3. The van der Waals surface area contributed by atoms with E-state index < -0.39 is 11.0 Å². The fourth-order valence-electron chi connectivity index (χ4n) is 5.93. The minimum absolute atomic E-state index is 0.0450. The number of hydrogen-bond acceptors (Lipinski definition) is 8. The first-order valence-electron chi connectivity index (χ1n) is 14.0. The highest BCUT2D eigenvalue weighted by Gasteiger charge is 2.42. The molecule has 43 heavy (non-hydrogen) atoms. The molecule has 0 saturated heterocycles. The van der Waals surface area contributed by atoms with Gasteiger partial charge in [0, 0.05) is 35.5 Å². The largest absolute Gasteiger partial charge is 0.357 e. The molecule has 1 aromatic heterocycles. The number of allylic oxidation sites excluding steroid dienone is 1. The fraction of sp³-hybridized carbons (Fsp3) is 0.250. The molecule has 0 radical (unpaired) electrons. The van der Waals surface area contributed by atoms with E-state index in [1.165, 1.54) is 18.5 Å². The van der Waals surface area contributed by atoms with E-state index in [1.807, 2.05) is 53.4 Å². The van der Waals surface area contributed by atoms with E-state index in [9.17, 15) is 19.7 Å². The molecule has 218 valence electrons. The summed E-state index contributed by atoms with van der Waals surface area (Å²) in [6, 6.07) is 20.7. The molecule has 1 amide bonds. The first-order valence-corrected chi connectivity index (χ1v) is 14.0. The van der Waals surface area contributed by atoms with Gasteiger partial charge in [0.1, 0.15) is 12.7 Å². The number of nitro benzene ring substituents is 1. The number of fused-ring (bicyclic) bond motifs is 1. The summed E-state index contributed by atoms with van der Waals surface area (Å²) >= 11 is 0. The maximum Gasteiger partial charge on any atom is 0.269 e. The summed E-state index contributed by atoms with van der Waals surface area (Å²) in [5.41, 5.74) is 4.63. The van der Waals surface area contributed by atoms with Crippen LogP contribution in [0.5, 0.6) is 0 Å². The van der Waals surface area contributed by atoms with Crippen LogP contribution in [-0.4, -0.2) is 37.9 Å². The topological polar surface area (TPSA) is 135 Å². The molecule has 0 saturated carbocycles. The number of hydrogen-bond donors (Lipinski definition) is 2. The molecule has 4 aromatic rings. The van der Waals surface area contributed by atoms with Crippen LogP contribution in [0, 0.1) is 15.5 Å². The molecule has 0 fully saturated rings. The molecule has 1 aliphatic carbocycles. The Labute approximate surface area is 248 Å². The first kappa shape index (κ1) is 27.8. The van der Waals surface area contributed by atoms with Crippen LogP contribution >= 0.6 is 0 Å². The van der Waals surface area contributed by atoms with Crippen molar-refractivity contribution in [3.63, 3.8) is 0 Å². The number of carbonyl (C=O) groups excluding carboxylic acids is 2. The van der Waals surface area contributed by atoms with Crippen molar-refractivity contribution in [3.8, 4) is 0 Å². The highest BCUT2D eigenvalue weighted by molar-refractivity contribution is 6.02. The second-order valence-corrected chi connectivity index (χ2v) is 11.7. The second-order valence-electron chi connectivity index (χ2n) is 11.7. The predicted molar refractivity (Wildman–Crippen MR) is 162 cm³/mol. The van der Waals surface area contributed by atoms with Crippen molar-refractivity contribution < 1.29 is 14.5 Å². The van der Waals surface area contributed by atoms with Crippen molar-refractivity contribution in [2.75, 3.05) is 22.1 Å². The number of anilines is 3. The molecule has 1 unspecified atom stereocenters. The summed E-state index contributed by atoms with van der Waals surface area (Å²) in [6.45, 7) is 4.56. The van der Waals surface area contributed by atoms with E-state index in [-0.39, 0.29) is 29.3 Å². The molecular formula is C32H31N7O4. The van der Waals surface area contributed by atoms with Crippen LogP contribution in [0.1, 0.15) is 43.9 Å². The summed E-state index contributed by atoms with van der Waals surface area (Å²) in [7, 11) is 0. The number of rotatable bonds is 7. The molecule has 1 atom stereocenters. The standard InChI is InChI=1S/C32H31N7O4/c1-32(2)15-26-30(28(40)16-32)31(22-6-5-7-24(14-22)39(42)43)38(27-9-4-3-8-25(27)36-26)18-29(41)35-23-12-10-21(11-13-23)17-37-20-33-19-34-37/h3-14,19-20,31,36H,15-18H2,1-2H3,(H,35,41). The van der Waals surface area contributed by atoms with Crippen molar-refractivity contribution >= 4 is 34.4 Å². The zero-order valence-electron chi connectivity index (χ0n) is 23.9. The van der Waals surface area contributed by atoms with Crippen LogP contribution in [0.2, 0.25) is 0 Å². The van der Waals surface area contributed by atoms with E-state index in [0.717, 1.165) is 22.6 Å². The molecule has 1 aliphatic heterocycles. The Hall–Kier alpha value is -5.32. The Morgan fingerprint density at radius 1 is 1.09 bits per heavy atom. The molecule has 3 aromatic carbocycles. The number of nitro groups is 1. The monoisotopic (exact) mass is 577 g/mol. The number of Topliss-reactive ketones (excluding diaryl/α,β-unsaturated/α-hetero) is 1. The van der Waals surface area contributed by atoms with Crippen LogP contribution < -0.4 is 15.5 Å². The zero-order valence-corrected chi connectivity index (χ0v) is 23.9. The average molecular weight is 578 g/mol. The average Bonchev–Trinajstić information content (AvgIpc) is 3.43. The molecule has 0 spiro atoms. The van der Waals surface area contributed by atoms with Gasteiger partial charge in [-0.05, 0) is 47.2 Å². The number of nitrogens with zero attached hydrogens (tertiary/aromatic N) is 5. The van der Waals surface area contributed by atoms with E-state index >= 15 is 0 Å². The summed E-state index contributed by atoms with van der Waals surface area (Å²) in [6.07, 6.45) is 4.07. The van der Waals surface area contributed by atoms with Crippen molar-refractivity contribution in [2.24, 2.45) is 5.41 Å². The SMILES string of the molecule is CC1(C)CC(=O)C2=C(C1)Nc1ccccc1N(CC(=O)Nc1ccc(Cn3cncn3)cc1)C2c1cccc([N+](=O)[O-])c1. The number of nitrogens with one attached hydrogen (secondary N) is 2. The minimum atomic E-state index is -0.717. The highest BCUT2D eigenvalue weighted by atomic mass is 16.6. The lowest BCUT2D eigenvalue weighted by molar-refractivity contribution is -0.384. The van der Waals surface area contributed by atoms with Gasteiger partial charge in [-0.25, -0.2) is 9.67 Å². The van der Waals surface area contributed by atoms with Gasteiger partial charge in [0.25, 0.3) is 5.69 Å². The number of benzene rings is 3. The number of carbonyl (C=O) groups is 2. The van der Waals surface area contributed by atoms with Crippen LogP contribution in [-0.2, 0) is 16.1 Å². The molecule has 11 heteroatoms. The van der Waals surface area contributed by atoms with E-state index in [0.29, 0.717) is 36.2 Å². The fourth-order valence-corrected chi connectivity index (χ4v) is 5.93. The second kappa shape index (κ2) is 11.2. The van der Waals surface area contributed by atoms with Crippen molar-refractivity contribution in [1.82, 2.24) is 14.8 Å². The van der Waals surface area contributed by atoms with E-state index in [4.69, 9.17) is 0 Å². The lowest BCUT2D eigenvalue weighted by Gasteiger charge is -2.37. The third kappa shape index (κ3) is 5.87. The number of para-hydroxylation sites is 2. The Balaban J connectivity index is 1.37. The molecule has 2 N–H and O–H groups in total. The minimum Gasteiger partial charge on any atom is -0.357 e. The number of ketones is 1. The van der Waals surface area contributed by atoms with Crippen molar-refractivity contribution in [1.29, 1.82) is 0 Å². The van der Waals surface area contributed by atoms with E-state index in [2.05, 4.69) is 34.6 Å². The maximum absolute atomic E-state index is 13.8. The third-order valence-electron chi connectivity index (χ3n) is 7.76. The molecule has 0 bridgehead atoms. The van der Waals surface area contributed by atoms with Crippen LogP contribution in [0.25, 0.3) is 0 Å². The lowest BCUT2D eigenvalue weighted by atomic mass is 9.73. The molecule has 6 rings (SSSR count). The molecular weight excluding hydrogens is 546 g/mol. The summed E-state index contributed by atoms with van der Waals surface area (Å²) in [5.74, 6) is -0.335. The normalized spacial score (nSPS) is 17.4. The summed E-state index contributed by atoms with van der Waals surface area (Å²) < 4.78 is 1.71. The Kier molecular flexibility index (Phi) is 7.22. The number of amides is 1. The quantitative estimate of drug-likeness (QED) is 0.217. The Morgan fingerprint density at radius 3 is 2.63 bits per heavy atom. The van der Waals surface area contributed by atoms with Crippen LogP contribution in [0.3, 0.4) is 0 Å². The van der Waals surface area contributed by atoms with Crippen molar-refractivity contribution in [2.45, 2.75) is 39.3 Å². The van der Waals surface area contributed by atoms with Gasteiger partial charge in [-0.3, -0.25) is 19.7 Å². The van der Waals surface area contributed by atoms with Gasteiger partial charge in [-0.1, -0.05) is 50.2 Å². The lowest BCUT2D eigenvalue weighted by Crippen LogP contribution is -2.40. The highest BCUT2D eigenvalue weighted by Crippen LogP contribution is 2.48. The predicted octanol–water partition coefficient (Wildman–Crippen LogP) is 5.49. The number of non-ortho nitro benzene ring substituents is 1. The van der Waals surface area contributed by atoms with Gasteiger partial charge in [-0.15, -0.1) is 0 Å². The smallest absolute Gasteiger partial charge is 0.269 e. The van der Waals surface area contributed by atoms with Crippen LogP contribution in [0.4, 0.5) is 22.7 Å². The number of aromatic nitrogens is 3. The van der Waals surface area contributed by atoms with Gasteiger partial charge in [0.15, 0.2) is 5.78 Å². The van der Waals surface area contributed by atoms with Gasteiger partial charge < -0.3 is 15.5 Å². The molecule has 2 aliphatic rings. The van der Waals surface area contributed by atoms with Crippen LogP contribution in [0.15, 0.2) is 96.7 Å². The van der Waals surface area contributed by atoms with Gasteiger partial charge in [-0.2, -0.15) is 5.10 Å². The maximum atomic E-state index is 13.8. The molecule has 2 heterocycles. The van der Waals surface area contributed by atoms with Gasteiger partial charge in [0.2, 0.25) is 5.91 Å². The van der Waals surface area contributed by atoms with Gasteiger partial charge >= 0.3 is 0 Å². The summed E-state index contributed by atoms with van der Waals surface area (Å²) in [4.78, 5) is 44.6. The van der Waals surface area contributed by atoms with Crippen molar-refractivity contribution in [3.05, 3.63) is 118 Å². The Morgan fingerprint density at radius 2 is 1.88 bits per heavy atom. The molecule has 11 nitrogen and oxygen atoms in total. The Bertz CT molecular complexity index is 1730.